The molecule has 5 saturated heterocycles. The van der Waals surface area contributed by atoms with Crippen LogP contribution in [0.25, 0.3) is 10.4 Å². The highest BCUT2D eigenvalue weighted by molar-refractivity contribution is 7.13. The third kappa shape index (κ3) is 18.0. The maximum atomic E-state index is 15.7. The number of hydrogen-bond acceptors (Lipinski definition) is 18. The summed E-state index contributed by atoms with van der Waals surface area (Å²) in [5.41, 5.74) is 1.22. The normalized spacial score (nSPS) is 21.0. The van der Waals surface area contributed by atoms with Crippen LogP contribution in [-0.2, 0) is 41.9 Å². The number of aryl methyl sites for hydroxylation is 1. The fourth-order valence-electron chi connectivity index (χ4n) is 12.9. The number of ether oxygens (including phenoxy) is 1. The first-order valence-corrected chi connectivity index (χ1v) is 33.7. The van der Waals surface area contributed by atoms with Crippen molar-refractivity contribution in [3.63, 3.8) is 0 Å². The smallest absolute Gasteiger partial charge is 0.258 e. The number of rotatable bonds is 25. The summed E-state index contributed by atoms with van der Waals surface area (Å²) in [5.74, 6) is -1.76. The molecule has 1 spiro atoms. The second-order valence-electron chi connectivity index (χ2n) is 27.9. The number of nitrogens with one attached hydrogen (secondary N) is 6. The van der Waals surface area contributed by atoms with Crippen LogP contribution in [0.2, 0.25) is 0 Å². The zero-order chi connectivity index (χ0) is 66.2. The molecule has 27 heteroatoms. The van der Waals surface area contributed by atoms with Crippen LogP contribution < -0.4 is 46.4 Å². The molecule has 5 aliphatic heterocycles. The molecule has 23 nitrogen and oxygen atoms in total. The fraction of sp³-hybridized carbons (Fsp3) is 0.621. The van der Waals surface area contributed by atoms with E-state index in [2.05, 4.69) is 80.3 Å². The summed E-state index contributed by atoms with van der Waals surface area (Å²) in [6.45, 7) is 20.5. The molecule has 0 bridgehead atoms. The molecule has 93 heavy (non-hydrogen) atoms. The van der Waals surface area contributed by atoms with Gasteiger partial charge in [-0.1, -0.05) is 46.8 Å². The number of alkyl halides is 1. The number of β-amino-alcohol motifs (C(OH)–C–C–N with tert-alkyl or cyclic N) is 1. The summed E-state index contributed by atoms with van der Waals surface area (Å²) in [6, 6.07) is 7.73. The molecule has 6 amide bonds. The van der Waals surface area contributed by atoms with Crippen LogP contribution in [-0.4, -0.2) is 216 Å². The molecule has 2 aromatic heterocycles. The zero-order valence-electron chi connectivity index (χ0n) is 54.5. The summed E-state index contributed by atoms with van der Waals surface area (Å²) in [4.78, 5) is 106. The lowest BCUT2D eigenvalue weighted by Crippen LogP contribution is -2.66. The molecule has 6 fully saturated rings. The molecule has 2 aromatic carbocycles. The van der Waals surface area contributed by atoms with Crippen molar-refractivity contribution in [3.05, 3.63) is 76.7 Å². The van der Waals surface area contributed by atoms with Crippen LogP contribution in [0.3, 0.4) is 0 Å². The molecule has 0 unspecified atom stereocenters. The van der Waals surface area contributed by atoms with Gasteiger partial charge in [0.15, 0.2) is 12.3 Å². The van der Waals surface area contributed by atoms with Crippen LogP contribution in [0.4, 0.5) is 30.5 Å². The van der Waals surface area contributed by atoms with E-state index < -0.39 is 64.2 Å². The summed E-state index contributed by atoms with van der Waals surface area (Å²) in [7, 11) is 0. The Labute approximate surface area is 546 Å². The van der Waals surface area contributed by atoms with Crippen LogP contribution in [0.15, 0.2) is 48.2 Å². The molecule has 4 aromatic rings. The van der Waals surface area contributed by atoms with Gasteiger partial charge in [-0.25, -0.2) is 28.1 Å². The summed E-state index contributed by atoms with van der Waals surface area (Å²) >= 11 is 1.46. The van der Waals surface area contributed by atoms with E-state index in [9.17, 15) is 38.3 Å². The summed E-state index contributed by atoms with van der Waals surface area (Å²) in [6.07, 6.45) is 4.90. The maximum Gasteiger partial charge on any atom is 0.258 e. The number of aliphatic hydroxyl groups excluding tert-OH is 1. The predicted octanol–water partition coefficient (Wildman–Crippen LogP) is 4.52. The molecular weight excluding hydrogens is 1220 g/mol. The lowest BCUT2D eigenvalue weighted by Gasteiger charge is -2.48. The van der Waals surface area contributed by atoms with Crippen LogP contribution >= 0.6 is 11.3 Å². The number of piperazine rings is 2. The molecule has 6 aliphatic rings. The van der Waals surface area contributed by atoms with Crippen molar-refractivity contribution < 1.29 is 51.8 Å². The minimum absolute atomic E-state index is 0.0247. The van der Waals surface area contributed by atoms with Crippen molar-refractivity contribution in [1.82, 2.24) is 61.1 Å². The van der Waals surface area contributed by atoms with Gasteiger partial charge in [0.2, 0.25) is 23.6 Å². The monoisotopic (exact) mass is 1310 g/mol. The number of carbonyl (C=O) groups is 6. The van der Waals surface area contributed by atoms with Gasteiger partial charge < -0.3 is 61.3 Å². The molecule has 506 valence electrons. The molecular formula is C66H92F3N15O8S. The van der Waals surface area contributed by atoms with Crippen molar-refractivity contribution in [1.29, 1.82) is 0 Å². The Balaban J connectivity index is 0.601. The van der Waals surface area contributed by atoms with E-state index in [1.165, 1.54) is 34.7 Å². The summed E-state index contributed by atoms with van der Waals surface area (Å²) < 4.78 is 52.1. The number of nitrogens with zero attached hydrogens (tertiary/aromatic N) is 9. The third-order valence-electron chi connectivity index (χ3n) is 19.1. The Morgan fingerprint density at radius 1 is 0.806 bits per heavy atom. The topological polar surface area (TPSA) is 262 Å². The van der Waals surface area contributed by atoms with Crippen molar-refractivity contribution in [2.24, 2.45) is 10.8 Å². The first-order valence-electron chi connectivity index (χ1n) is 32.8. The SMILES string of the molecule is Cc1ncsc1-c1ccc(CNC(=O)[C@@H]2C[C@@H](O)CN2C(=O)[C@@H](NC(=O)C2(F)CC2)C(C)(C)C)c(OCC(=O)NCCN2CCN(CCC(=O)NCCCNc3cc(N4CCC5(CC4)CN(c4cc(F)c(CN6CCC(C)(C)CC6)cc4F)CC(=O)N5)ncn3)CC2)c1. The van der Waals surface area contributed by atoms with Gasteiger partial charge in [-0.15, -0.1) is 11.3 Å². The number of aromatic nitrogens is 3. The minimum atomic E-state index is -2.00. The average Bonchev–Trinajstić information content (AvgIpc) is 1.58. The first-order chi connectivity index (χ1) is 44.3. The van der Waals surface area contributed by atoms with E-state index in [1.807, 2.05) is 19.1 Å². The van der Waals surface area contributed by atoms with E-state index in [1.54, 1.807) is 43.3 Å². The Hall–Kier alpha value is -7.20. The number of aliphatic hydroxyl groups is 1. The van der Waals surface area contributed by atoms with Crippen molar-refractivity contribution in [2.45, 2.75) is 142 Å². The van der Waals surface area contributed by atoms with Gasteiger partial charge in [0.1, 0.15) is 47.4 Å². The number of amides is 6. The number of anilines is 3. The maximum absolute atomic E-state index is 15.7. The van der Waals surface area contributed by atoms with Gasteiger partial charge >= 0.3 is 0 Å². The number of likely N-dealkylation sites (tertiary alicyclic amines) is 2. The van der Waals surface area contributed by atoms with E-state index in [-0.39, 0.29) is 74.3 Å². The molecule has 1 aliphatic carbocycles. The number of halogens is 3. The first kappa shape index (κ1) is 68.7. The number of carbonyl (C=O) groups excluding carboxylic acids is 6. The van der Waals surface area contributed by atoms with E-state index >= 15 is 8.78 Å². The van der Waals surface area contributed by atoms with E-state index in [4.69, 9.17) is 4.74 Å². The largest absolute Gasteiger partial charge is 0.483 e. The molecule has 0 radical (unpaired) electrons. The Morgan fingerprint density at radius 2 is 1.53 bits per heavy atom. The molecule has 1 saturated carbocycles. The fourth-order valence-corrected chi connectivity index (χ4v) is 13.7. The van der Waals surface area contributed by atoms with Gasteiger partial charge in [0.05, 0.1) is 40.0 Å². The second kappa shape index (κ2) is 29.6. The number of benzene rings is 2. The Kier molecular flexibility index (Phi) is 21.9. The van der Waals surface area contributed by atoms with Gasteiger partial charge in [-0.05, 0) is 93.5 Å². The van der Waals surface area contributed by atoms with E-state index in [0.717, 1.165) is 74.1 Å². The van der Waals surface area contributed by atoms with Crippen LogP contribution in [0.5, 0.6) is 5.75 Å². The van der Waals surface area contributed by atoms with Crippen molar-refractivity contribution in [2.75, 3.05) is 126 Å². The zero-order valence-corrected chi connectivity index (χ0v) is 55.3. The highest BCUT2D eigenvalue weighted by Gasteiger charge is 2.53. The summed E-state index contributed by atoms with van der Waals surface area (Å²) in [5, 5.41) is 28.7. The molecule has 3 atom stereocenters. The van der Waals surface area contributed by atoms with Gasteiger partial charge in [0.25, 0.3) is 11.8 Å². The van der Waals surface area contributed by atoms with Gasteiger partial charge in [-0.2, -0.15) is 0 Å². The van der Waals surface area contributed by atoms with Crippen LogP contribution in [0, 0.1) is 29.4 Å². The molecule has 7 N–H and O–H groups in total. The Bertz CT molecular complexity index is 3320. The van der Waals surface area contributed by atoms with Gasteiger partial charge in [-0.3, -0.25) is 38.6 Å². The van der Waals surface area contributed by atoms with Crippen molar-refractivity contribution >= 4 is 64.1 Å². The number of thiazole rings is 1. The van der Waals surface area contributed by atoms with Crippen molar-refractivity contribution in [3.8, 4) is 16.2 Å². The van der Waals surface area contributed by atoms with Gasteiger partial charge in [0, 0.05) is 134 Å². The standard InChI is InChI=1S/C66H92F3N15O8S/c1-43-58(93-42-76-43)44-8-9-45(35-73-60(89)51-32-47(85)37-84(51)61(90)59(63(2,3)4)77-62(91)66(69)11-12-66)52(31-44)92-39-57(88)72-19-25-80-28-26-79(27-29-80)20-10-55(86)71-18-7-17-70-53-34-54(75-41-74-53)82-23-15-65(16-24-82)40-83(38-56(87)78-65)50-33-48(67)46(30-49(50)68)36-81-21-13-64(5,6)14-22-81/h8-9,30-31,33-34,41-42,47,51,59,85H,7,10-29,32,35-40H2,1-6H3,(H,71,86)(H,72,88)(H,73,89)(H,77,91)(H,78,87)(H,70,74,75)/t47-,51+,59-/m1/s1. The number of hydrogen-bond donors (Lipinski definition) is 7. The van der Waals surface area contributed by atoms with Crippen LogP contribution in [0.1, 0.15) is 109 Å². The molecule has 10 rings (SSSR count). The Morgan fingerprint density at radius 3 is 2.23 bits per heavy atom. The average molecular weight is 1310 g/mol. The quantitative estimate of drug-likeness (QED) is 0.0450. The third-order valence-corrected chi connectivity index (χ3v) is 20.1. The number of piperidine rings is 2. The minimum Gasteiger partial charge on any atom is -0.483 e. The highest BCUT2D eigenvalue weighted by atomic mass is 32.1. The lowest BCUT2D eigenvalue weighted by molar-refractivity contribution is -0.145. The predicted molar refractivity (Wildman–Crippen MR) is 348 cm³/mol. The molecule has 7 heterocycles. The lowest BCUT2D eigenvalue weighted by atomic mass is 9.82. The highest BCUT2D eigenvalue weighted by Crippen LogP contribution is 2.41. The van der Waals surface area contributed by atoms with E-state index in [0.29, 0.717) is 107 Å². The second-order valence-corrected chi connectivity index (χ2v) is 28.8.